The number of anilines is 1. The van der Waals surface area contributed by atoms with Gasteiger partial charge in [-0.2, -0.15) is 0 Å². The fraction of sp³-hybridized carbons (Fsp3) is 0.296. The van der Waals surface area contributed by atoms with E-state index in [2.05, 4.69) is 10.6 Å². The number of hydrogen-bond acceptors (Lipinski definition) is 5. The molecule has 0 radical (unpaired) electrons. The second-order valence-electron chi connectivity index (χ2n) is 8.57. The lowest BCUT2D eigenvalue weighted by atomic mass is 10.0. The van der Waals surface area contributed by atoms with Gasteiger partial charge in [-0.15, -0.1) is 0 Å². The second kappa shape index (κ2) is 11.7. The van der Waals surface area contributed by atoms with Crippen LogP contribution in [0, 0.1) is 5.41 Å². The Morgan fingerprint density at radius 2 is 1.66 bits per heavy atom. The summed E-state index contributed by atoms with van der Waals surface area (Å²) in [5, 5.41) is 14.5. The molecule has 1 aliphatic carbocycles. The first-order chi connectivity index (χ1) is 16.7. The van der Waals surface area contributed by atoms with Gasteiger partial charge in [-0.05, 0) is 81.7 Å². The summed E-state index contributed by atoms with van der Waals surface area (Å²) in [5.41, 5.74) is 1.01. The van der Waals surface area contributed by atoms with E-state index in [1.807, 2.05) is 31.2 Å². The molecule has 3 rings (SSSR count). The Hall–Kier alpha value is -3.58. The number of amidine groups is 1. The predicted octanol–water partition coefficient (Wildman–Crippen LogP) is 5.36. The summed E-state index contributed by atoms with van der Waals surface area (Å²) in [4.78, 5) is 24.8. The lowest BCUT2D eigenvalue weighted by Gasteiger charge is -2.27. The summed E-state index contributed by atoms with van der Waals surface area (Å²) < 4.78 is 11.4. The van der Waals surface area contributed by atoms with E-state index < -0.39 is 5.60 Å². The first-order valence-corrected chi connectivity index (χ1v) is 11.8. The van der Waals surface area contributed by atoms with Crippen molar-refractivity contribution in [1.29, 1.82) is 5.41 Å². The summed E-state index contributed by atoms with van der Waals surface area (Å²) in [5.74, 6) is 0.747. The summed E-state index contributed by atoms with van der Waals surface area (Å²) >= 11 is 5.94. The summed E-state index contributed by atoms with van der Waals surface area (Å²) in [6.07, 6.45) is 4.75. The molecule has 0 saturated heterocycles. The van der Waals surface area contributed by atoms with Crippen LogP contribution in [0.4, 0.5) is 5.69 Å². The lowest BCUT2D eigenvalue weighted by molar-refractivity contribution is -0.117. The van der Waals surface area contributed by atoms with Crippen molar-refractivity contribution in [2.45, 2.75) is 45.6 Å². The summed E-state index contributed by atoms with van der Waals surface area (Å²) in [6, 6.07) is 14.3. The molecule has 0 atom stereocenters. The van der Waals surface area contributed by atoms with Crippen molar-refractivity contribution in [1.82, 2.24) is 5.32 Å². The van der Waals surface area contributed by atoms with Crippen molar-refractivity contribution >= 4 is 34.9 Å². The number of halogens is 1. The maximum absolute atomic E-state index is 12.4. The zero-order valence-electron chi connectivity index (χ0n) is 20.1. The van der Waals surface area contributed by atoms with Crippen LogP contribution in [-0.4, -0.2) is 29.9 Å². The van der Waals surface area contributed by atoms with Gasteiger partial charge in [0.1, 0.15) is 17.3 Å². The van der Waals surface area contributed by atoms with E-state index in [0.717, 1.165) is 11.3 Å². The summed E-state index contributed by atoms with van der Waals surface area (Å²) in [6.45, 7) is 5.92. The average molecular weight is 496 g/mol. The standard InChI is InChI=1S/C27H30ClN3O4/c1-4-34-22-13-5-18(6-14-22)17-24(32)30-21-11-15-23(16-12-21)35-27(2,3)26(29)31-25(33)19-7-9-20(28)10-8-19/h5-7,9,11-16H,4,8,10,17H2,1-3H3,(H,30,32)(H2,29,31,33). The molecule has 2 aromatic rings. The molecule has 0 aliphatic heterocycles. The van der Waals surface area contributed by atoms with Crippen LogP contribution in [0.1, 0.15) is 39.2 Å². The molecule has 0 aromatic heterocycles. The Balaban J connectivity index is 1.52. The molecule has 0 heterocycles. The van der Waals surface area contributed by atoms with Gasteiger partial charge < -0.3 is 20.1 Å². The van der Waals surface area contributed by atoms with E-state index in [9.17, 15) is 9.59 Å². The largest absolute Gasteiger partial charge is 0.494 e. The third-order valence-corrected chi connectivity index (χ3v) is 5.66. The highest BCUT2D eigenvalue weighted by Crippen LogP contribution is 2.23. The van der Waals surface area contributed by atoms with Crippen LogP contribution in [-0.2, 0) is 16.0 Å². The minimum absolute atomic E-state index is 0.0585. The number of rotatable bonds is 9. The Morgan fingerprint density at radius 1 is 1.00 bits per heavy atom. The maximum Gasteiger partial charge on any atom is 0.252 e. The molecule has 0 fully saturated rings. The SMILES string of the molecule is CCOc1ccc(CC(=O)Nc2ccc(OC(C)(C)C(=N)NC(=O)C3=CC=C(Cl)CC3)cc2)cc1. The van der Waals surface area contributed by atoms with E-state index >= 15 is 0 Å². The monoisotopic (exact) mass is 495 g/mol. The zero-order chi connectivity index (χ0) is 25.4. The van der Waals surface area contributed by atoms with Gasteiger partial charge >= 0.3 is 0 Å². The molecular weight excluding hydrogens is 466 g/mol. The van der Waals surface area contributed by atoms with Gasteiger partial charge in [0.15, 0.2) is 5.60 Å². The molecule has 2 amide bonds. The Bertz CT molecular complexity index is 1140. The van der Waals surface area contributed by atoms with Gasteiger partial charge in [0.25, 0.3) is 5.91 Å². The van der Waals surface area contributed by atoms with Crippen LogP contribution < -0.4 is 20.1 Å². The number of amides is 2. The number of ether oxygens (including phenoxy) is 2. The number of allylic oxidation sites excluding steroid dienone is 3. The zero-order valence-corrected chi connectivity index (χ0v) is 20.9. The average Bonchev–Trinajstić information content (AvgIpc) is 2.82. The predicted molar refractivity (Wildman–Crippen MR) is 138 cm³/mol. The molecule has 1 aliphatic rings. The minimum atomic E-state index is -1.07. The smallest absolute Gasteiger partial charge is 0.252 e. The Labute approximate surface area is 210 Å². The van der Waals surface area contributed by atoms with Crippen molar-refractivity contribution in [2.24, 2.45) is 0 Å². The Kier molecular flexibility index (Phi) is 8.71. The van der Waals surface area contributed by atoms with Gasteiger partial charge in [0, 0.05) is 16.3 Å². The van der Waals surface area contributed by atoms with Crippen LogP contribution in [0.25, 0.3) is 0 Å². The van der Waals surface area contributed by atoms with Gasteiger partial charge in [-0.25, -0.2) is 0 Å². The van der Waals surface area contributed by atoms with Crippen molar-refractivity contribution in [3.05, 3.63) is 76.9 Å². The first-order valence-electron chi connectivity index (χ1n) is 11.4. The molecule has 3 N–H and O–H groups in total. The minimum Gasteiger partial charge on any atom is -0.494 e. The normalized spacial score (nSPS) is 13.3. The van der Waals surface area contributed by atoms with Crippen LogP contribution in [0.15, 0.2) is 71.3 Å². The van der Waals surface area contributed by atoms with Gasteiger partial charge in [0.05, 0.1) is 13.0 Å². The highest BCUT2D eigenvalue weighted by molar-refractivity contribution is 6.29. The number of hydrogen-bond donors (Lipinski definition) is 3. The second-order valence-corrected chi connectivity index (χ2v) is 9.06. The van der Waals surface area contributed by atoms with E-state index in [-0.39, 0.29) is 24.1 Å². The van der Waals surface area contributed by atoms with Crippen LogP contribution >= 0.6 is 11.6 Å². The van der Waals surface area contributed by atoms with E-state index in [1.54, 1.807) is 50.3 Å². The third kappa shape index (κ3) is 7.72. The van der Waals surface area contributed by atoms with Gasteiger partial charge in [0.2, 0.25) is 5.91 Å². The molecule has 2 aromatic carbocycles. The fourth-order valence-electron chi connectivity index (χ4n) is 3.36. The quantitative estimate of drug-likeness (QED) is 0.322. The van der Waals surface area contributed by atoms with E-state index in [1.165, 1.54) is 0 Å². The molecule has 0 bridgehead atoms. The van der Waals surface area contributed by atoms with Crippen LogP contribution in [0.5, 0.6) is 11.5 Å². The molecular formula is C27H30ClN3O4. The van der Waals surface area contributed by atoms with Crippen LogP contribution in [0.2, 0.25) is 0 Å². The Morgan fingerprint density at radius 3 is 2.26 bits per heavy atom. The first kappa shape index (κ1) is 26.0. The van der Waals surface area contributed by atoms with Gasteiger partial charge in [-0.3, -0.25) is 15.0 Å². The van der Waals surface area contributed by atoms with Crippen molar-refractivity contribution in [3.8, 4) is 11.5 Å². The maximum atomic E-state index is 12.4. The van der Waals surface area contributed by atoms with Crippen molar-refractivity contribution < 1.29 is 19.1 Å². The van der Waals surface area contributed by atoms with Crippen LogP contribution in [0.3, 0.4) is 0 Å². The van der Waals surface area contributed by atoms with Crippen molar-refractivity contribution in [2.75, 3.05) is 11.9 Å². The molecule has 0 saturated carbocycles. The highest BCUT2D eigenvalue weighted by atomic mass is 35.5. The molecule has 184 valence electrons. The number of benzene rings is 2. The molecule has 35 heavy (non-hydrogen) atoms. The number of carbonyl (C=O) groups excluding carboxylic acids is 2. The van der Waals surface area contributed by atoms with Gasteiger partial charge in [-0.1, -0.05) is 29.8 Å². The molecule has 0 unspecified atom stereocenters. The third-order valence-electron chi connectivity index (χ3n) is 5.34. The topological polar surface area (TPSA) is 101 Å². The summed E-state index contributed by atoms with van der Waals surface area (Å²) in [7, 11) is 0. The van der Waals surface area contributed by atoms with Crippen molar-refractivity contribution in [3.63, 3.8) is 0 Å². The molecule has 7 nitrogen and oxygen atoms in total. The fourth-order valence-corrected chi connectivity index (χ4v) is 3.52. The van der Waals surface area contributed by atoms with E-state index in [4.69, 9.17) is 26.5 Å². The van der Waals surface area contributed by atoms with E-state index in [0.29, 0.717) is 41.5 Å². The highest BCUT2D eigenvalue weighted by Gasteiger charge is 2.28. The number of carbonyl (C=O) groups is 2. The molecule has 8 heteroatoms. The number of nitrogens with one attached hydrogen (secondary N) is 3. The molecule has 0 spiro atoms. The lowest BCUT2D eigenvalue weighted by Crippen LogP contribution is -2.48.